The number of hydrogen-bond acceptors (Lipinski definition) is 10. The highest BCUT2D eigenvalue weighted by atomic mass is 16.5. The number of hydrogen-bond donors (Lipinski definition) is 5. The molecule has 4 aromatic rings. The average Bonchev–Trinajstić information content (AvgIpc) is 3.92. The standard InChI is InChI=1S/C47H57NO9/c1-48-26-31-23-43-38(25-42(31)56-35-13-5-6-14-35)46(52)44(41(57-43)15-8-18-53-2)40-27-54-47-30(22-36(24-39(47)45(40)51)55-34-11-3-4-12-34)19-29-21-33(50)16-17-37(29)28-9-7-10-32(49)20-28/h7,9-10,16-17,20-25,34-35,40-41,44-46,48-52H,3-6,8,11-15,18-19,26-27H2,1-2H3. The lowest BCUT2D eigenvalue weighted by Gasteiger charge is -2.45. The summed E-state index contributed by atoms with van der Waals surface area (Å²) in [6, 6.07) is 20.2. The fourth-order valence-electron chi connectivity index (χ4n) is 9.60. The summed E-state index contributed by atoms with van der Waals surface area (Å²) >= 11 is 0. The number of rotatable bonds is 14. The van der Waals surface area contributed by atoms with Gasteiger partial charge in [0, 0.05) is 60.8 Å². The number of benzene rings is 4. The van der Waals surface area contributed by atoms with Gasteiger partial charge in [-0.15, -0.1) is 0 Å². The Balaban J connectivity index is 1.16. The van der Waals surface area contributed by atoms with Crippen molar-refractivity contribution in [1.82, 2.24) is 5.32 Å². The Labute approximate surface area is 335 Å². The zero-order valence-electron chi connectivity index (χ0n) is 33.1. The molecule has 2 saturated carbocycles. The molecule has 8 rings (SSSR count). The summed E-state index contributed by atoms with van der Waals surface area (Å²) in [5, 5.41) is 49.2. The molecule has 0 saturated heterocycles. The average molecular weight is 780 g/mol. The molecule has 5 unspecified atom stereocenters. The summed E-state index contributed by atoms with van der Waals surface area (Å²) in [6.45, 7) is 1.31. The topological polar surface area (TPSA) is 139 Å². The van der Waals surface area contributed by atoms with Gasteiger partial charge in [-0.3, -0.25) is 0 Å². The lowest BCUT2D eigenvalue weighted by atomic mass is 9.72. The maximum absolute atomic E-state index is 12.5. The second-order valence-corrected chi connectivity index (χ2v) is 16.4. The summed E-state index contributed by atoms with van der Waals surface area (Å²) in [5.74, 6) is 1.90. The van der Waals surface area contributed by atoms with Crippen molar-refractivity contribution in [3.8, 4) is 45.6 Å². The Bertz CT molecular complexity index is 2010. The van der Waals surface area contributed by atoms with E-state index in [2.05, 4.69) is 5.32 Å². The Morgan fingerprint density at radius 3 is 2.26 bits per heavy atom. The van der Waals surface area contributed by atoms with Crippen molar-refractivity contribution in [1.29, 1.82) is 0 Å². The number of aliphatic hydroxyl groups excluding tert-OH is 2. The van der Waals surface area contributed by atoms with Gasteiger partial charge in [0.1, 0.15) is 40.6 Å². The minimum absolute atomic E-state index is 0.0839. The van der Waals surface area contributed by atoms with Gasteiger partial charge in [0.25, 0.3) is 0 Å². The largest absolute Gasteiger partial charge is 0.508 e. The van der Waals surface area contributed by atoms with Crippen LogP contribution in [0.25, 0.3) is 11.1 Å². The number of fused-ring (bicyclic) bond motifs is 2. The molecule has 2 heterocycles. The van der Waals surface area contributed by atoms with E-state index in [0.29, 0.717) is 54.4 Å². The van der Waals surface area contributed by atoms with Crippen LogP contribution in [0.4, 0.5) is 0 Å². The lowest BCUT2D eigenvalue weighted by Crippen LogP contribution is -2.46. The molecule has 2 aliphatic carbocycles. The maximum atomic E-state index is 12.5. The van der Waals surface area contributed by atoms with Crippen LogP contribution in [-0.4, -0.2) is 66.1 Å². The van der Waals surface area contributed by atoms with Gasteiger partial charge in [0.05, 0.1) is 31.0 Å². The molecule has 2 fully saturated rings. The molecule has 57 heavy (non-hydrogen) atoms. The van der Waals surface area contributed by atoms with Crippen LogP contribution in [0.3, 0.4) is 0 Å². The van der Waals surface area contributed by atoms with Crippen LogP contribution in [0.1, 0.15) is 104 Å². The summed E-state index contributed by atoms with van der Waals surface area (Å²) in [4.78, 5) is 0. The molecule has 304 valence electrons. The highest BCUT2D eigenvalue weighted by molar-refractivity contribution is 5.70. The first-order valence-corrected chi connectivity index (χ1v) is 20.9. The van der Waals surface area contributed by atoms with E-state index in [9.17, 15) is 20.4 Å². The van der Waals surface area contributed by atoms with Crippen molar-refractivity contribution in [2.24, 2.45) is 11.8 Å². The zero-order valence-corrected chi connectivity index (χ0v) is 33.1. The van der Waals surface area contributed by atoms with E-state index in [1.165, 1.54) is 0 Å². The smallest absolute Gasteiger partial charge is 0.128 e. The molecule has 5 atom stereocenters. The van der Waals surface area contributed by atoms with Crippen molar-refractivity contribution < 1.29 is 44.1 Å². The fourth-order valence-corrected chi connectivity index (χ4v) is 9.60. The predicted molar refractivity (Wildman–Crippen MR) is 217 cm³/mol. The minimum atomic E-state index is -0.998. The normalized spacial score (nSPS) is 23.4. The Kier molecular flexibility index (Phi) is 12.1. The van der Waals surface area contributed by atoms with Gasteiger partial charge in [-0.1, -0.05) is 18.2 Å². The number of methoxy groups -OCH3 is 1. The molecule has 0 spiro atoms. The maximum Gasteiger partial charge on any atom is 0.128 e. The zero-order chi connectivity index (χ0) is 39.5. The van der Waals surface area contributed by atoms with Crippen molar-refractivity contribution in [2.45, 2.75) is 108 Å². The second kappa shape index (κ2) is 17.6. The number of nitrogens with one attached hydrogen (secondary N) is 1. The van der Waals surface area contributed by atoms with Crippen molar-refractivity contribution >= 4 is 0 Å². The van der Waals surface area contributed by atoms with E-state index >= 15 is 0 Å². The third kappa shape index (κ3) is 8.56. The second-order valence-electron chi connectivity index (χ2n) is 16.4. The molecule has 4 aliphatic rings. The SMILES string of the molecule is CNCc1cc2c(cc1OC1CCCC1)C(O)C(C1COc3c(Cc4cc(O)ccc4-c4cccc(O)c4)cc(OC4CCCC4)cc3C1O)C(CCCOC)O2. The molecule has 10 nitrogen and oxygen atoms in total. The summed E-state index contributed by atoms with van der Waals surface area (Å²) in [7, 11) is 3.59. The van der Waals surface area contributed by atoms with Crippen molar-refractivity contribution in [2.75, 3.05) is 27.4 Å². The van der Waals surface area contributed by atoms with E-state index in [0.717, 1.165) is 91.4 Å². The van der Waals surface area contributed by atoms with Crippen LogP contribution in [0.15, 0.2) is 66.7 Å². The fraction of sp³-hybridized carbons (Fsp3) is 0.489. The molecule has 0 radical (unpaired) electrons. The van der Waals surface area contributed by atoms with E-state index in [4.69, 9.17) is 23.7 Å². The Hall–Kier alpha value is -4.48. The molecule has 4 aromatic carbocycles. The van der Waals surface area contributed by atoms with E-state index in [1.807, 2.05) is 43.4 Å². The van der Waals surface area contributed by atoms with Crippen LogP contribution in [-0.2, 0) is 17.7 Å². The number of phenols is 2. The summed E-state index contributed by atoms with van der Waals surface area (Å²) < 4.78 is 32.1. The molecule has 5 N–H and O–H groups in total. The van der Waals surface area contributed by atoms with Crippen LogP contribution < -0.4 is 24.3 Å². The van der Waals surface area contributed by atoms with E-state index in [-0.39, 0.29) is 30.3 Å². The third-order valence-corrected chi connectivity index (χ3v) is 12.4. The first-order valence-electron chi connectivity index (χ1n) is 20.9. The Morgan fingerprint density at radius 1 is 0.772 bits per heavy atom. The number of aromatic hydroxyl groups is 2. The highest BCUT2D eigenvalue weighted by Crippen LogP contribution is 2.52. The van der Waals surface area contributed by atoms with Crippen LogP contribution >= 0.6 is 0 Å². The van der Waals surface area contributed by atoms with Gasteiger partial charge in [0.15, 0.2) is 0 Å². The van der Waals surface area contributed by atoms with Gasteiger partial charge < -0.3 is 49.4 Å². The van der Waals surface area contributed by atoms with Crippen molar-refractivity contribution in [3.05, 3.63) is 94.5 Å². The van der Waals surface area contributed by atoms with Gasteiger partial charge in [-0.25, -0.2) is 0 Å². The summed E-state index contributed by atoms with van der Waals surface area (Å²) in [5.41, 5.74) is 5.59. The van der Waals surface area contributed by atoms with Crippen molar-refractivity contribution in [3.63, 3.8) is 0 Å². The van der Waals surface area contributed by atoms with E-state index < -0.39 is 30.1 Å². The third-order valence-electron chi connectivity index (χ3n) is 12.4. The predicted octanol–water partition coefficient (Wildman–Crippen LogP) is 8.30. The first-order chi connectivity index (χ1) is 27.8. The number of ether oxygens (including phenoxy) is 5. The first kappa shape index (κ1) is 39.4. The molecular formula is C47H57NO9. The molecule has 0 aromatic heterocycles. The van der Waals surface area contributed by atoms with Gasteiger partial charge >= 0.3 is 0 Å². The monoisotopic (exact) mass is 779 g/mol. The Morgan fingerprint density at radius 2 is 1.53 bits per heavy atom. The quantitative estimate of drug-likeness (QED) is 0.0795. The molecule has 0 bridgehead atoms. The van der Waals surface area contributed by atoms with Crippen LogP contribution in [0, 0.1) is 11.8 Å². The minimum Gasteiger partial charge on any atom is -0.508 e. The number of phenolic OH excluding ortho intramolecular Hbond substituents is 2. The van der Waals surface area contributed by atoms with Crippen LogP contribution in [0.5, 0.6) is 34.5 Å². The molecule has 0 amide bonds. The number of aliphatic hydroxyl groups is 2. The summed E-state index contributed by atoms with van der Waals surface area (Å²) in [6.07, 6.45) is 8.09. The molecule has 10 heteroatoms. The molecular weight excluding hydrogens is 723 g/mol. The lowest BCUT2D eigenvalue weighted by molar-refractivity contribution is -0.0890. The van der Waals surface area contributed by atoms with E-state index in [1.54, 1.807) is 37.4 Å². The van der Waals surface area contributed by atoms with Gasteiger partial charge in [-0.05, 0) is 136 Å². The van der Waals surface area contributed by atoms with Crippen LogP contribution in [0.2, 0.25) is 0 Å². The molecule has 2 aliphatic heterocycles. The van der Waals surface area contributed by atoms with Gasteiger partial charge in [-0.2, -0.15) is 0 Å². The highest BCUT2D eigenvalue weighted by Gasteiger charge is 2.48. The van der Waals surface area contributed by atoms with Gasteiger partial charge in [0.2, 0.25) is 0 Å².